The Morgan fingerprint density at radius 3 is 2.10 bits per heavy atom. The molecule has 1 aliphatic heterocycles. The Labute approximate surface area is 138 Å². The minimum atomic E-state index is -0.0685. The van der Waals surface area contributed by atoms with Gasteiger partial charge in [-0.2, -0.15) is 0 Å². The van der Waals surface area contributed by atoms with Gasteiger partial charge in [-0.3, -0.25) is 4.99 Å². The van der Waals surface area contributed by atoms with Crippen LogP contribution in [0.5, 0.6) is 0 Å². The van der Waals surface area contributed by atoms with Crippen molar-refractivity contribution in [1.82, 2.24) is 5.32 Å². The molecule has 0 saturated carbocycles. The Hall–Kier alpha value is -1.16. The highest BCUT2D eigenvalue weighted by atomic mass is 35.5. The van der Waals surface area contributed by atoms with Crippen LogP contribution in [0.25, 0.3) is 0 Å². The van der Waals surface area contributed by atoms with E-state index in [2.05, 4.69) is 5.32 Å². The molecule has 0 bridgehead atoms. The second kappa shape index (κ2) is 6.30. The number of rotatable bonds is 2. The molecule has 2 nitrogen and oxygen atoms in total. The maximum Gasteiger partial charge on any atom is 0.157 e. The molecule has 1 N–H and O–H groups in total. The van der Waals surface area contributed by atoms with E-state index in [1.54, 1.807) is 11.8 Å². The van der Waals surface area contributed by atoms with Crippen LogP contribution in [-0.2, 0) is 0 Å². The molecule has 0 radical (unpaired) electrons. The van der Waals surface area contributed by atoms with E-state index in [1.165, 1.54) is 0 Å². The summed E-state index contributed by atoms with van der Waals surface area (Å²) in [7, 11) is 0. The van der Waals surface area contributed by atoms with Crippen LogP contribution in [0.4, 0.5) is 0 Å². The summed E-state index contributed by atoms with van der Waals surface area (Å²) in [6.07, 6.45) is 2.00. The lowest BCUT2D eigenvalue weighted by atomic mass is 9.95. The first kappa shape index (κ1) is 14.8. The Kier molecular flexibility index (Phi) is 4.43. The van der Waals surface area contributed by atoms with Gasteiger partial charge in [-0.15, -0.1) is 0 Å². The fourth-order valence-corrected chi connectivity index (χ4v) is 3.47. The highest BCUT2D eigenvalue weighted by molar-refractivity contribution is 8.13. The number of thioether (sulfide) groups is 1. The van der Waals surface area contributed by atoms with Gasteiger partial charge in [-0.05, 0) is 29.5 Å². The third kappa shape index (κ3) is 2.91. The predicted octanol–water partition coefficient (Wildman–Crippen LogP) is 5.10. The van der Waals surface area contributed by atoms with E-state index in [4.69, 9.17) is 28.2 Å². The van der Waals surface area contributed by atoms with Gasteiger partial charge >= 0.3 is 0 Å². The molecule has 2 aromatic rings. The molecule has 0 saturated heterocycles. The molecule has 5 heteroatoms. The summed E-state index contributed by atoms with van der Waals surface area (Å²) in [4.78, 5) is 4.76. The van der Waals surface area contributed by atoms with Crippen molar-refractivity contribution >= 4 is 40.1 Å². The minimum absolute atomic E-state index is 0.000972. The van der Waals surface area contributed by atoms with Gasteiger partial charge in [0.15, 0.2) is 5.17 Å². The third-order valence-electron chi connectivity index (χ3n) is 3.51. The molecule has 0 fully saturated rings. The highest BCUT2D eigenvalue weighted by Gasteiger charge is 2.33. The Morgan fingerprint density at radius 2 is 1.52 bits per heavy atom. The average molecular weight is 337 g/mol. The van der Waals surface area contributed by atoms with Gasteiger partial charge in [0.1, 0.15) is 6.04 Å². The molecule has 0 spiro atoms. The van der Waals surface area contributed by atoms with Crippen LogP contribution in [-0.4, -0.2) is 11.4 Å². The van der Waals surface area contributed by atoms with E-state index >= 15 is 0 Å². The van der Waals surface area contributed by atoms with Gasteiger partial charge in [0.25, 0.3) is 0 Å². The summed E-state index contributed by atoms with van der Waals surface area (Å²) in [5, 5.41) is 5.82. The molecule has 0 amide bonds. The summed E-state index contributed by atoms with van der Waals surface area (Å²) < 4.78 is 0. The van der Waals surface area contributed by atoms with Crippen molar-refractivity contribution in [1.29, 1.82) is 0 Å². The SMILES string of the molecule is CSC1=NC(c2ccccc2Cl)C(c2ccccc2Cl)N1. The zero-order valence-corrected chi connectivity index (χ0v) is 13.7. The Balaban J connectivity index is 2.05. The van der Waals surface area contributed by atoms with Crippen molar-refractivity contribution in [3.63, 3.8) is 0 Å². The minimum Gasteiger partial charge on any atom is -0.356 e. The quantitative estimate of drug-likeness (QED) is 0.825. The Bertz CT molecular complexity index is 687. The molecular formula is C16H14Cl2N2S. The molecule has 2 aromatic carbocycles. The van der Waals surface area contributed by atoms with Gasteiger partial charge in [-0.1, -0.05) is 71.4 Å². The normalized spacial score (nSPS) is 21.0. The molecule has 0 aliphatic carbocycles. The topological polar surface area (TPSA) is 24.4 Å². The van der Waals surface area contributed by atoms with E-state index in [1.807, 2.05) is 54.8 Å². The summed E-state index contributed by atoms with van der Waals surface area (Å²) in [6, 6.07) is 15.6. The molecule has 1 aliphatic rings. The zero-order valence-electron chi connectivity index (χ0n) is 11.4. The van der Waals surface area contributed by atoms with Gasteiger partial charge < -0.3 is 5.32 Å². The Morgan fingerprint density at radius 1 is 0.952 bits per heavy atom. The van der Waals surface area contributed by atoms with Crippen molar-refractivity contribution in [3.05, 3.63) is 69.7 Å². The lowest BCUT2D eigenvalue weighted by Crippen LogP contribution is -2.22. The first-order chi connectivity index (χ1) is 10.2. The van der Waals surface area contributed by atoms with Crippen molar-refractivity contribution < 1.29 is 0 Å². The molecule has 1 heterocycles. The van der Waals surface area contributed by atoms with Gasteiger partial charge in [0, 0.05) is 10.0 Å². The van der Waals surface area contributed by atoms with Crippen LogP contribution in [0.2, 0.25) is 10.0 Å². The zero-order chi connectivity index (χ0) is 14.8. The maximum absolute atomic E-state index is 6.36. The number of hydrogen-bond acceptors (Lipinski definition) is 3. The van der Waals surface area contributed by atoms with Crippen LogP contribution in [0, 0.1) is 0 Å². The van der Waals surface area contributed by atoms with Gasteiger partial charge in [0.05, 0.1) is 6.04 Å². The number of nitrogens with one attached hydrogen (secondary N) is 1. The van der Waals surface area contributed by atoms with Crippen LogP contribution >= 0.6 is 35.0 Å². The number of halogens is 2. The van der Waals surface area contributed by atoms with Gasteiger partial charge in [-0.25, -0.2) is 0 Å². The summed E-state index contributed by atoms with van der Waals surface area (Å²) in [5.74, 6) is 0. The molecule has 2 unspecified atom stereocenters. The van der Waals surface area contributed by atoms with Gasteiger partial charge in [0.2, 0.25) is 0 Å². The fraction of sp³-hybridized carbons (Fsp3) is 0.188. The third-order valence-corrected chi connectivity index (χ3v) is 4.81. The number of amidine groups is 1. The summed E-state index contributed by atoms with van der Waals surface area (Å²) >= 11 is 14.3. The van der Waals surface area contributed by atoms with Crippen molar-refractivity contribution in [2.75, 3.05) is 6.26 Å². The predicted molar refractivity (Wildman–Crippen MR) is 92.5 cm³/mol. The van der Waals surface area contributed by atoms with Crippen molar-refractivity contribution in [3.8, 4) is 0 Å². The van der Waals surface area contributed by atoms with E-state index in [0.717, 1.165) is 26.3 Å². The second-order valence-corrected chi connectivity index (χ2v) is 6.36. The molecule has 3 rings (SSSR count). The molecular weight excluding hydrogens is 323 g/mol. The standard InChI is InChI=1S/C16H14Cl2N2S/c1-21-16-19-14(10-6-2-4-8-12(10)17)15(20-16)11-7-3-5-9-13(11)18/h2-9,14-15H,1H3,(H,19,20). The summed E-state index contributed by atoms with van der Waals surface area (Å²) in [6.45, 7) is 0. The monoisotopic (exact) mass is 336 g/mol. The largest absolute Gasteiger partial charge is 0.356 e. The van der Waals surface area contributed by atoms with E-state index < -0.39 is 0 Å². The van der Waals surface area contributed by atoms with Crippen LogP contribution < -0.4 is 5.32 Å². The van der Waals surface area contributed by atoms with Crippen molar-refractivity contribution in [2.45, 2.75) is 12.1 Å². The number of nitrogens with zero attached hydrogens (tertiary/aromatic N) is 1. The van der Waals surface area contributed by atoms with Crippen LogP contribution in [0.15, 0.2) is 53.5 Å². The first-order valence-electron chi connectivity index (χ1n) is 6.58. The highest BCUT2D eigenvalue weighted by Crippen LogP contribution is 2.41. The fourth-order valence-electron chi connectivity index (χ4n) is 2.50. The van der Waals surface area contributed by atoms with E-state index in [0.29, 0.717) is 0 Å². The molecule has 21 heavy (non-hydrogen) atoms. The average Bonchev–Trinajstić information content (AvgIpc) is 2.92. The maximum atomic E-state index is 6.36. The molecule has 2 atom stereocenters. The number of benzene rings is 2. The number of hydrogen-bond donors (Lipinski definition) is 1. The van der Waals surface area contributed by atoms with E-state index in [-0.39, 0.29) is 12.1 Å². The van der Waals surface area contributed by atoms with Crippen molar-refractivity contribution in [2.24, 2.45) is 4.99 Å². The first-order valence-corrected chi connectivity index (χ1v) is 8.56. The molecule has 108 valence electrons. The second-order valence-electron chi connectivity index (χ2n) is 4.75. The smallest absolute Gasteiger partial charge is 0.157 e. The lowest BCUT2D eigenvalue weighted by molar-refractivity contribution is 0.573. The molecule has 0 aromatic heterocycles. The summed E-state index contributed by atoms with van der Waals surface area (Å²) in [5.41, 5.74) is 2.05. The van der Waals surface area contributed by atoms with Crippen LogP contribution in [0.3, 0.4) is 0 Å². The van der Waals surface area contributed by atoms with E-state index in [9.17, 15) is 0 Å². The number of aliphatic imine (C=N–C) groups is 1. The lowest BCUT2D eigenvalue weighted by Gasteiger charge is -2.21. The van der Waals surface area contributed by atoms with Crippen LogP contribution in [0.1, 0.15) is 23.2 Å².